The molecule has 1 N–H and O–H groups in total. The molecule has 1 nitrogen and oxygen atoms in total. The minimum atomic E-state index is 0.135. The van der Waals surface area contributed by atoms with Crippen molar-refractivity contribution in [1.29, 1.82) is 0 Å². The Morgan fingerprint density at radius 2 is 2.00 bits per heavy atom. The number of hydrogen-bond donors (Lipinski definition) is 1. The number of phenolic OH excluding ortho intramolecular Hbond substituents is 1. The molecule has 0 saturated heterocycles. The Labute approximate surface area is 106 Å². The first-order valence-electron chi connectivity index (χ1n) is 3.21. The maximum atomic E-state index is 9.52. The van der Waals surface area contributed by atoms with Gasteiger partial charge in [-0.05, 0) is 66.0 Å². The van der Waals surface area contributed by atoms with E-state index in [1.54, 1.807) is 12.1 Å². The van der Waals surface area contributed by atoms with Gasteiger partial charge in [-0.3, -0.25) is 0 Å². The summed E-state index contributed by atoms with van der Waals surface area (Å²) >= 11 is 15.4. The predicted octanol–water partition coefficient (Wildman–Crippen LogP) is 4.90. The van der Waals surface area contributed by atoms with Crippen molar-refractivity contribution in [3.05, 3.63) is 30.6 Å². The smallest absolute Gasteiger partial charge is 0.125 e. The van der Waals surface area contributed by atoms with Gasteiger partial charge in [0.05, 0.1) is 3.39 Å². The normalized spacial score (nSPS) is 9.85. The summed E-state index contributed by atoms with van der Waals surface area (Å²) in [7, 11) is 0. The van der Waals surface area contributed by atoms with E-state index in [0.717, 1.165) is 7.86 Å². The highest BCUT2D eigenvalue weighted by molar-refractivity contribution is 9.28. The van der Waals surface area contributed by atoms with Crippen LogP contribution in [0.3, 0.4) is 0 Å². The summed E-state index contributed by atoms with van der Waals surface area (Å²) in [6.45, 7) is 0. The van der Waals surface area contributed by atoms with Crippen LogP contribution in [0.1, 0.15) is 5.56 Å². The van der Waals surface area contributed by atoms with Crippen LogP contribution in [0, 0.1) is 0 Å². The second-order valence-corrected chi connectivity index (χ2v) is 6.32. The minimum Gasteiger partial charge on any atom is -0.507 e. The molecule has 0 amide bonds. The van der Waals surface area contributed by atoms with Gasteiger partial charge in [0, 0.05) is 15.1 Å². The van der Waals surface area contributed by atoms with Crippen molar-refractivity contribution in [2.45, 2.75) is 0 Å². The number of hydrogen-bond acceptors (Lipinski definition) is 1. The van der Waals surface area contributed by atoms with Gasteiger partial charge in [-0.1, -0.05) is 11.6 Å². The van der Waals surface area contributed by atoms with Gasteiger partial charge in [0.15, 0.2) is 0 Å². The molecular weight excluding hydrogens is 387 g/mol. The lowest BCUT2D eigenvalue weighted by Gasteiger charge is -2.03. The van der Waals surface area contributed by atoms with Gasteiger partial charge in [-0.2, -0.15) is 0 Å². The number of aromatic hydroxyl groups is 1. The van der Waals surface area contributed by atoms with Crippen molar-refractivity contribution >= 4 is 65.5 Å². The maximum absolute atomic E-state index is 9.52. The number of halogens is 4. The van der Waals surface area contributed by atoms with E-state index in [1.807, 2.05) is 0 Å². The third kappa shape index (κ3) is 3.27. The lowest BCUT2D eigenvalue weighted by atomic mass is 10.2. The molecule has 0 aliphatic heterocycles. The van der Waals surface area contributed by atoms with Gasteiger partial charge in [0.25, 0.3) is 0 Å². The van der Waals surface area contributed by atoms with Crippen LogP contribution in [0.4, 0.5) is 0 Å². The molecule has 0 saturated carbocycles. The van der Waals surface area contributed by atoms with Crippen LogP contribution in [0.25, 0.3) is 6.08 Å². The highest BCUT2D eigenvalue weighted by Crippen LogP contribution is 2.33. The highest BCUT2D eigenvalue weighted by Gasteiger charge is 2.05. The third-order valence-electron chi connectivity index (χ3n) is 1.33. The molecule has 0 heterocycles. The van der Waals surface area contributed by atoms with E-state index >= 15 is 0 Å². The van der Waals surface area contributed by atoms with Crippen LogP contribution in [-0.2, 0) is 0 Å². The van der Waals surface area contributed by atoms with Crippen molar-refractivity contribution in [3.8, 4) is 5.75 Å². The van der Waals surface area contributed by atoms with Gasteiger partial charge in [-0.25, -0.2) is 0 Å². The standard InChI is InChI=1S/C8H4Br3ClO/c9-6-1-4(12)2-7(13)5(6)3-8(10)11/h1-3,13H. The molecular formula is C8H4Br3ClO. The third-order valence-corrected chi connectivity index (χ3v) is 2.66. The molecule has 0 radical (unpaired) electrons. The molecule has 0 aliphatic rings. The molecule has 1 rings (SSSR count). The Bertz CT molecular complexity index is 335. The van der Waals surface area contributed by atoms with E-state index in [2.05, 4.69) is 47.8 Å². The van der Waals surface area contributed by atoms with Gasteiger partial charge >= 0.3 is 0 Å². The molecule has 0 atom stereocenters. The minimum absolute atomic E-state index is 0.135. The van der Waals surface area contributed by atoms with Gasteiger partial charge in [-0.15, -0.1) is 0 Å². The van der Waals surface area contributed by atoms with Gasteiger partial charge in [0.1, 0.15) is 5.75 Å². The summed E-state index contributed by atoms with van der Waals surface area (Å²) in [6.07, 6.45) is 1.73. The van der Waals surface area contributed by atoms with Crippen molar-refractivity contribution in [3.63, 3.8) is 0 Å². The van der Waals surface area contributed by atoms with E-state index in [9.17, 15) is 5.11 Å². The fourth-order valence-corrected chi connectivity index (χ4v) is 2.19. The average molecular weight is 391 g/mol. The Balaban J connectivity index is 3.29. The SMILES string of the molecule is Oc1cc(Cl)cc(Br)c1C=C(Br)Br. The van der Waals surface area contributed by atoms with Crippen molar-refractivity contribution in [2.75, 3.05) is 0 Å². The number of rotatable bonds is 1. The van der Waals surface area contributed by atoms with Crippen molar-refractivity contribution < 1.29 is 5.11 Å². The first-order valence-corrected chi connectivity index (χ1v) is 5.97. The second kappa shape index (κ2) is 4.82. The van der Waals surface area contributed by atoms with Crippen molar-refractivity contribution in [1.82, 2.24) is 0 Å². The topological polar surface area (TPSA) is 20.2 Å². The van der Waals surface area contributed by atoms with Crippen LogP contribution < -0.4 is 0 Å². The first-order chi connectivity index (χ1) is 6.00. The maximum Gasteiger partial charge on any atom is 0.125 e. The fraction of sp³-hybridized carbons (Fsp3) is 0. The molecule has 0 unspecified atom stereocenters. The molecule has 0 aliphatic carbocycles. The van der Waals surface area contributed by atoms with E-state index < -0.39 is 0 Å². The number of phenols is 1. The Hall–Kier alpha value is 0.490. The first kappa shape index (κ1) is 11.6. The number of benzene rings is 1. The molecule has 0 bridgehead atoms. The van der Waals surface area contributed by atoms with E-state index in [0.29, 0.717) is 10.6 Å². The molecule has 13 heavy (non-hydrogen) atoms. The van der Waals surface area contributed by atoms with Crippen LogP contribution in [0.2, 0.25) is 5.02 Å². The Morgan fingerprint density at radius 3 is 2.46 bits per heavy atom. The van der Waals surface area contributed by atoms with Crippen LogP contribution in [0.5, 0.6) is 5.75 Å². The largest absolute Gasteiger partial charge is 0.507 e. The average Bonchev–Trinajstić information content (AvgIpc) is 1.96. The summed E-state index contributed by atoms with van der Waals surface area (Å²) in [5.41, 5.74) is 0.674. The molecule has 0 aromatic heterocycles. The molecule has 1 aromatic rings. The zero-order valence-corrected chi connectivity index (χ0v) is 11.7. The summed E-state index contributed by atoms with van der Waals surface area (Å²) in [4.78, 5) is 0. The molecule has 0 spiro atoms. The predicted molar refractivity (Wildman–Crippen MR) is 66.6 cm³/mol. The summed E-state index contributed by atoms with van der Waals surface area (Å²) < 4.78 is 1.49. The lowest BCUT2D eigenvalue weighted by Crippen LogP contribution is -1.78. The van der Waals surface area contributed by atoms with E-state index in [4.69, 9.17) is 11.6 Å². The van der Waals surface area contributed by atoms with E-state index in [-0.39, 0.29) is 5.75 Å². The quantitative estimate of drug-likeness (QED) is 0.722. The van der Waals surface area contributed by atoms with Crippen LogP contribution >= 0.6 is 59.4 Å². The molecule has 0 fully saturated rings. The van der Waals surface area contributed by atoms with Gasteiger partial charge < -0.3 is 5.11 Å². The summed E-state index contributed by atoms with van der Waals surface area (Å²) in [6, 6.07) is 3.21. The zero-order valence-electron chi connectivity index (χ0n) is 6.19. The van der Waals surface area contributed by atoms with E-state index in [1.165, 1.54) is 6.07 Å². The highest BCUT2D eigenvalue weighted by atomic mass is 79.9. The Morgan fingerprint density at radius 1 is 1.38 bits per heavy atom. The molecule has 5 heteroatoms. The van der Waals surface area contributed by atoms with Crippen LogP contribution in [-0.4, -0.2) is 5.11 Å². The lowest BCUT2D eigenvalue weighted by molar-refractivity contribution is 0.473. The molecule has 70 valence electrons. The Kier molecular flexibility index (Phi) is 4.29. The van der Waals surface area contributed by atoms with Crippen LogP contribution in [0.15, 0.2) is 20.0 Å². The monoisotopic (exact) mass is 388 g/mol. The summed E-state index contributed by atoms with van der Waals surface area (Å²) in [5, 5.41) is 10.0. The summed E-state index contributed by atoms with van der Waals surface area (Å²) in [5.74, 6) is 0.135. The fourth-order valence-electron chi connectivity index (χ4n) is 0.823. The second-order valence-electron chi connectivity index (χ2n) is 2.25. The molecule has 1 aromatic carbocycles. The van der Waals surface area contributed by atoms with Gasteiger partial charge in [0.2, 0.25) is 0 Å². The zero-order chi connectivity index (χ0) is 10.0. The van der Waals surface area contributed by atoms with Crippen molar-refractivity contribution in [2.24, 2.45) is 0 Å².